The summed E-state index contributed by atoms with van der Waals surface area (Å²) in [6.45, 7) is 6.76. The van der Waals surface area contributed by atoms with Gasteiger partial charge in [-0.25, -0.2) is 8.42 Å². The molecule has 0 aromatic heterocycles. The Morgan fingerprint density at radius 1 is 0.943 bits per heavy atom. The standard InChI is InChI=1S/C25H33N5O4S/c31-24-20-30(13-11-26-24)35(33,34)23-9-4-8-22(18-23)25(32)27-10-5-12-28-14-16-29(17-15-28)19-21-6-2-1-3-7-21/h1-4,6-9,18H,5,10-17,19-20H2,(H,26,31)(H,27,32). The third-order valence-corrected chi connectivity index (χ3v) is 8.23. The van der Waals surface area contributed by atoms with Gasteiger partial charge in [-0.05, 0) is 36.7 Å². The number of nitrogens with zero attached hydrogens (tertiary/aromatic N) is 3. The Hall–Kier alpha value is -2.79. The highest BCUT2D eigenvalue weighted by Crippen LogP contribution is 2.18. The maximum atomic E-state index is 12.9. The van der Waals surface area contributed by atoms with E-state index in [1.807, 2.05) is 6.07 Å². The van der Waals surface area contributed by atoms with Crippen LogP contribution < -0.4 is 10.6 Å². The lowest BCUT2D eigenvalue weighted by Crippen LogP contribution is -2.49. The van der Waals surface area contributed by atoms with E-state index in [1.165, 1.54) is 17.7 Å². The Morgan fingerprint density at radius 3 is 2.43 bits per heavy atom. The van der Waals surface area contributed by atoms with Crippen LogP contribution in [0.25, 0.3) is 0 Å². The van der Waals surface area contributed by atoms with Crippen LogP contribution in [0, 0.1) is 0 Å². The number of sulfonamides is 1. The lowest BCUT2D eigenvalue weighted by Gasteiger charge is -2.34. The zero-order valence-electron chi connectivity index (χ0n) is 19.9. The molecule has 2 N–H and O–H groups in total. The molecule has 2 aromatic rings. The van der Waals surface area contributed by atoms with Crippen molar-refractivity contribution in [3.8, 4) is 0 Å². The van der Waals surface area contributed by atoms with E-state index in [4.69, 9.17) is 0 Å². The third-order valence-electron chi connectivity index (χ3n) is 6.39. The zero-order valence-corrected chi connectivity index (χ0v) is 20.7. The zero-order chi connectivity index (χ0) is 24.7. The van der Waals surface area contributed by atoms with Gasteiger partial charge in [0.1, 0.15) is 0 Å². The molecule has 9 nitrogen and oxygen atoms in total. The number of piperazine rings is 2. The molecule has 2 fully saturated rings. The van der Waals surface area contributed by atoms with Crippen molar-refractivity contribution in [2.24, 2.45) is 0 Å². The Balaban J connectivity index is 1.20. The van der Waals surface area contributed by atoms with Crippen molar-refractivity contribution < 1.29 is 18.0 Å². The molecule has 2 aromatic carbocycles. The molecule has 10 heteroatoms. The first-order valence-electron chi connectivity index (χ1n) is 12.1. The van der Waals surface area contributed by atoms with Crippen molar-refractivity contribution in [1.82, 2.24) is 24.7 Å². The summed E-state index contributed by atoms with van der Waals surface area (Å²) in [5.41, 5.74) is 1.63. The van der Waals surface area contributed by atoms with Crippen LogP contribution in [0.5, 0.6) is 0 Å². The summed E-state index contributed by atoms with van der Waals surface area (Å²) < 4.78 is 26.9. The minimum absolute atomic E-state index is 0.0215. The number of amides is 2. The van der Waals surface area contributed by atoms with Crippen LogP contribution in [-0.4, -0.2) is 93.2 Å². The molecular weight excluding hydrogens is 466 g/mol. The van der Waals surface area contributed by atoms with Gasteiger partial charge < -0.3 is 15.5 Å². The van der Waals surface area contributed by atoms with Crippen molar-refractivity contribution in [2.75, 3.05) is 58.9 Å². The lowest BCUT2D eigenvalue weighted by molar-refractivity contribution is -0.122. The minimum atomic E-state index is -3.83. The molecule has 0 atom stereocenters. The van der Waals surface area contributed by atoms with Crippen molar-refractivity contribution in [1.29, 1.82) is 0 Å². The number of nitrogens with one attached hydrogen (secondary N) is 2. The first kappa shape index (κ1) is 25.3. The number of carbonyl (C=O) groups is 2. The molecule has 2 amide bonds. The molecule has 0 saturated carbocycles. The van der Waals surface area contributed by atoms with Crippen LogP contribution in [0.15, 0.2) is 59.5 Å². The van der Waals surface area contributed by atoms with E-state index >= 15 is 0 Å². The van der Waals surface area contributed by atoms with Gasteiger partial charge in [-0.3, -0.25) is 14.5 Å². The number of rotatable bonds is 9. The fraction of sp³-hybridized carbons (Fsp3) is 0.440. The molecular formula is C25H33N5O4S. The average Bonchev–Trinajstić information content (AvgIpc) is 2.88. The molecule has 188 valence electrons. The van der Waals surface area contributed by atoms with Gasteiger partial charge >= 0.3 is 0 Å². The smallest absolute Gasteiger partial charge is 0.251 e. The highest BCUT2D eigenvalue weighted by atomic mass is 32.2. The summed E-state index contributed by atoms with van der Waals surface area (Å²) in [6, 6.07) is 16.5. The van der Waals surface area contributed by atoms with Crippen molar-refractivity contribution in [3.63, 3.8) is 0 Å². The summed E-state index contributed by atoms with van der Waals surface area (Å²) in [5.74, 6) is -0.627. The van der Waals surface area contributed by atoms with E-state index < -0.39 is 10.0 Å². The second-order valence-corrected chi connectivity index (χ2v) is 10.9. The van der Waals surface area contributed by atoms with E-state index in [0.29, 0.717) is 12.1 Å². The van der Waals surface area contributed by atoms with Gasteiger partial charge in [0.2, 0.25) is 15.9 Å². The van der Waals surface area contributed by atoms with Crippen molar-refractivity contribution in [2.45, 2.75) is 17.9 Å². The number of hydrogen-bond acceptors (Lipinski definition) is 6. The summed E-state index contributed by atoms with van der Waals surface area (Å²) in [7, 11) is -3.83. The van der Waals surface area contributed by atoms with Gasteiger partial charge in [-0.1, -0.05) is 36.4 Å². The molecule has 0 radical (unpaired) electrons. The van der Waals surface area contributed by atoms with E-state index in [-0.39, 0.29) is 36.3 Å². The summed E-state index contributed by atoms with van der Waals surface area (Å²) >= 11 is 0. The first-order chi connectivity index (χ1) is 16.9. The van der Waals surface area contributed by atoms with Gasteiger partial charge in [0, 0.05) is 57.9 Å². The first-order valence-corrected chi connectivity index (χ1v) is 13.5. The monoisotopic (exact) mass is 499 g/mol. The van der Waals surface area contributed by atoms with E-state index in [9.17, 15) is 18.0 Å². The molecule has 0 aliphatic carbocycles. The summed E-state index contributed by atoms with van der Waals surface area (Å²) in [5, 5.41) is 5.51. The van der Waals surface area contributed by atoms with Gasteiger partial charge in [0.15, 0.2) is 0 Å². The molecule has 0 bridgehead atoms. The van der Waals surface area contributed by atoms with Crippen LogP contribution in [0.4, 0.5) is 0 Å². The average molecular weight is 500 g/mol. The maximum Gasteiger partial charge on any atom is 0.251 e. The van der Waals surface area contributed by atoms with E-state index in [2.05, 4.69) is 44.7 Å². The Bertz CT molecular complexity index is 1120. The van der Waals surface area contributed by atoms with E-state index in [1.54, 1.807) is 12.1 Å². The highest BCUT2D eigenvalue weighted by Gasteiger charge is 2.29. The maximum absolute atomic E-state index is 12.9. The van der Waals surface area contributed by atoms with Crippen molar-refractivity contribution in [3.05, 3.63) is 65.7 Å². The third kappa shape index (κ3) is 6.88. The topological polar surface area (TPSA) is 102 Å². The second-order valence-electron chi connectivity index (χ2n) is 8.93. The summed E-state index contributed by atoms with van der Waals surface area (Å²) in [6.07, 6.45) is 0.825. The highest BCUT2D eigenvalue weighted by molar-refractivity contribution is 7.89. The SMILES string of the molecule is O=C1CN(S(=O)(=O)c2cccc(C(=O)NCCCN3CCN(Cc4ccccc4)CC3)c2)CCN1. The quantitative estimate of drug-likeness (QED) is 0.494. The number of hydrogen-bond donors (Lipinski definition) is 2. The Labute approximate surface area is 207 Å². The van der Waals surface area contributed by atoms with Gasteiger partial charge in [-0.2, -0.15) is 4.31 Å². The molecule has 35 heavy (non-hydrogen) atoms. The molecule has 2 aliphatic rings. The van der Waals surface area contributed by atoms with Crippen molar-refractivity contribution >= 4 is 21.8 Å². The molecule has 0 unspecified atom stereocenters. The van der Waals surface area contributed by atoms with Crippen LogP contribution in [0.1, 0.15) is 22.3 Å². The fourth-order valence-corrected chi connectivity index (χ4v) is 5.83. The fourth-order valence-electron chi connectivity index (χ4n) is 4.39. The summed E-state index contributed by atoms with van der Waals surface area (Å²) in [4.78, 5) is 29.1. The second kappa shape index (κ2) is 11.8. The lowest BCUT2D eigenvalue weighted by atomic mass is 10.2. The largest absolute Gasteiger partial charge is 0.354 e. The molecule has 0 spiro atoms. The van der Waals surface area contributed by atoms with E-state index in [0.717, 1.165) is 50.0 Å². The molecule has 2 aliphatic heterocycles. The van der Waals surface area contributed by atoms with Gasteiger partial charge in [0.25, 0.3) is 5.91 Å². The Kier molecular flexibility index (Phi) is 8.50. The van der Waals surface area contributed by atoms with Crippen LogP contribution in [-0.2, 0) is 21.4 Å². The molecule has 2 saturated heterocycles. The predicted molar refractivity (Wildman–Crippen MR) is 133 cm³/mol. The van der Waals surface area contributed by atoms with Crippen LogP contribution in [0.2, 0.25) is 0 Å². The normalized spacial score (nSPS) is 18.2. The molecule has 2 heterocycles. The van der Waals surface area contributed by atoms with Gasteiger partial charge in [-0.15, -0.1) is 0 Å². The van der Waals surface area contributed by atoms with Crippen LogP contribution in [0.3, 0.4) is 0 Å². The minimum Gasteiger partial charge on any atom is -0.354 e. The number of carbonyl (C=O) groups excluding carboxylic acids is 2. The molecule has 4 rings (SSSR count). The number of benzene rings is 2. The Morgan fingerprint density at radius 2 is 1.69 bits per heavy atom. The van der Waals surface area contributed by atoms with Crippen LogP contribution >= 0.6 is 0 Å². The van der Waals surface area contributed by atoms with Gasteiger partial charge in [0.05, 0.1) is 11.4 Å². The predicted octanol–water partition coefficient (Wildman–Crippen LogP) is 0.745.